The number of carbonyl (C=O) groups excluding carboxylic acids is 1. The van der Waals surface area contributed by atoms with Gasteiger partial charge in [-0.05, 0) is 18.2 Å². The molecule has 2 aromatic rings. The Morgan fingerprint density at radius 1 is 1.43 bits per heavy atom. The van der Waals surface area contributed by atoms with Gasteiger partial charge in [-0.15, -0.1) is 11.3 Å². The van der Waals surface area contributed by atoms with Gasteiger partial charge < -0.3 is 5.73 Å². The lowest BCUT2D eigenvalue weighted by atomic mass is 10.2. The van der Waals surface area contributed by atoms with Crippen LogP contribution in [0.5, 0.6) is 0 Å². The lowest BCUT2D eigenvalue weighted by Gasteiger charge is -1.96. The van der Waals surface area contributed by atoms with Crippen LogP contribution in [0.25, 0.3) is 11.3 Å². The predicted molar refractivity (Wildman–Crippen MR) is 57.3 cm³/mol. The average molecular weight is 204 g/mol. The number of nitrogen functional groups attached to an aromatic ring is 1. The quantitative estimate of drug-likeness (QED) is 0.763. The number of nitrogens with two attached hydrogens (primary N) is 1. The molecule has 0 aromatic carbocycles. The molecule has 0 saturated carbocycles. The largest absolute Gasteiger partial charge is 0.384 e. The zero-order valence-corrected chi connectivity index (χ0v) is 8.12. The van der Waals surface area contributed by atoms with Crippen LogP contribution in [0, 0.1) is 0 Å². The maximum absolute atomic E-state index is 10.5. The lowest BCUT2D eigenvalue weighted by molar-refractivity contribution is 0.112. The molecule has 0 spiro atoms. The van der Waals surface area contributed by atoms with Crippen molar-refractivity contribution in [3.63, 3.8) is 0 Å². The van der Waals surface area contributed by atoms with E-state index < -0.39 is 0 Å². The maximum Gasteiger partial charge on any atom is 0.160 e. The highest BCUT2D eigenvalue weighted by Crippen LogP contribution is 2.23. The standard InChI is InChI=1S/C10H8N2OS/c11-10-3-1-2-9(12-10)7-4-8(5-13)14-6-7/h1-6H,(H2,11,12). The first-order chi connectivity index (χ1) is 6.79. The minimum atomic E-state index is 0.487. The van der Waals surface area contributed by atoms with Crippen molar-refractivity contribution in [1.82, 2.24) is 4.98 Å². The molecule has 2 heterocycles. The van der Waals surface area contributed by atoms with Crippen LogP contribution in [-0.2, 0) is 0 Å². The second kappa shape index (κ2) is 3.59. The highest BCUT2D eigenvalue weighted by Gasteiger charge is 2.02. The Labute approximate surface area is 85.2 Å². The SMILES string of the molecule is Nc1cccc(-c2csc(C=O)c2)n1. The van der Waals surface area contributed by atoms with Crippen LogP contribution in [0.15, 0.2) is 29.6 Å². The molecule has 14 heavy (non-hydrogen) atoms. The van der Waals surface area contributed by atoms with Crippen molar-refractivity contribution in [3.05, 3.63) is 34.5 Å². The second-order valence-electron chi connectivity index (χ2n) is 2.80. The van der Waals surface area contributed by atoms with E-state index >= 15 is 0 Å². The third-order valence-electron chi connectivity index (χ3n) is 1.80. The summed E-state index contributed by atoms with van der Waals surface area (Å²) >= 11 is 1.40. The molecule has 0 amide bonds. The predicted octanol–water partition coefficient (Wildman–Crippen LogP) is 2.20. The van der Waals surface area contributed by atoms with E-state index in [2.05, 4.69) is 4.98 Å². The van der Waals surface area contributed by atoms with Gasteiger partial charge in [0.05, 0.1) is 10.6 Å². The summed E-state index contributed by atoms with van der Waals surface area (Å²) in [6.45, 7) is 0. The fraction of sp³-hybridized carbons (Fsp3) is 0. The lowest BCUT2D eigenvalue weighted by Crippen LogP contribution is -1.90. The Morgan fingerprint density at radius 2 is 2.29 bits per heavy atom. The van der Waals surface area contributed by atoms with Gasteiger partial charge in [-0.1, -0.05) is 6.07 Å². The maximum atomic E-state index is 10.5. The first kappa shape index (κ1) is 8.90. The van der Waals surface area contributed by atoms with Crippen LogP contribution >= 0.6 is 11.3 Å². The zero-order valence-electron chi connectivity index (χ0n) is 7.31. The molecule has 4 heteroatoms. The molecular weight excluding hydrogens is 196 g/mol. The van der Waals surface area contributed by atoms with Crippen LogP contribution in [0.1, 0.15) is 9.67 Å². The number of carbonyl (C=O) groups is 1. The number of anilines is 1. The number of hydrogen-bond acceptors (Lipinski definition) is 4. The summed E-state index contributed by atoms with van der Waals surface area (Å²) in [6, 6.07) is 7.25. The van der Waals surface area contributed by atoms with Crippen LogP contribution in [0.4, 0.5) is 5.82 Å². The summed E-state index contributed by atoms with van der Waals surface area (Å²) in [5.41, 5.74) is 7.29. The van der Waals surface area contributed by atoms with E-state index in [1.54, 1.807) is 12.1 Å². The number of hydrogen-bond donors (Lipinski definition) is 1. The number of rotatable bonds is 2. The monoisotopic (exact) mass is 204 g/mol. The third kappa shape index (κ3) is 1.65. The van der Waals surface area contributed by atoms with Gasteiger partial charge in [-0.2, -0.15) is 0 Å². The molecule has 0 unspecified atom stereocenters. The molecule has 2 aromatic heterocycles. The Morgan fingerprint density at radius 3 is 2.93 bits per heavy atom. The first-order valence-corrected chi connectivity index (χ1v) is 4.94. The van der Waals surface area contributed by atoms with Crippen molar-refractivity contribution >= 4 is 23.4 Å². The van der Waals surface area contributed by atoms with Gasteiger partial charge >= 0.3 is 0 Å². The van der Waals surface area contributed by atoms with E-state index in [4.69, 9.17) is 5.73 Å². The topological polar surface area (TPSA) is 56.0 Å². The van der Waals surface area contributed by atoms with E-state index in [1.807, 2.05) is 17.5 Å². The summed E-state index contributed by atoms with van der Waals surface area (Å²) < 4.78 is 0. The molecule has 70 valence electrons. The average Bonchev–Trinajstić information content (AvgIpc) is 2.66. The van der Waals surface area contributed by atoms with E-state index in [1.165, 1.54) is 11.3 Å². The molecule has 0 aliphatic rings. The molecule has 0 aliphatic carbocycles. The summed E-state index contributed by atoms with van der Waals surface area (Å²) in [5.74, 6) is 0.487. The van der Waals surface area contributed by atoms with E-state index in [0.29, 0.717) is 10.7 Å². The molecule has 0 radical (unpaired) electrons. The van der Waals surface area contributed by atoms with Gasteiger partial charge in [0, 0.05) is 10.9 Å². The Kier molecular flexibility index (Phi) is 2.28. The summed E-state index contributed by atoms with van der Waals surface area (Å²) in [7, 11) is 0. The van der Waals surface area contributed by atoms with Crippen molar-refractivity contribution in [1.29, 1.82) is 0 Å². The number of thiophene rings is 1. The highest BCUT2D eigenvalue weighted by atomic mass is 32.1. The molecule has 2 rings (SSSR count). The molecule has 2 N–H and O–H groups in total. The Hall–Kier alpha value is -1.68. The minimum Gasteiger partial charge on any atom is -0.384 e. The minimum absolute atomic E-state index is 0.487. The van der Waals surface area contributed by atoms with Crippen LogP contribution < -0.4 is 5.73 Å². The van der Waals surface area contributed by atoms with Crippen molar-refractivity contribution in [2.75, 3.05) is 5.73 Å². The number of aldehydes is 1. The summed E-state index contributed by atoms with van der Waals surface area (Å²) in [4.78, 5) is 15.3. The summed E-state index contributed by atoms with van der Waals surface area (Å²) in [5, 5.41) is 1.89. The molecule has 0 bridgehead atoms. The zero-order chi connectivity index (χ0) is 9.97. The van der Waals surface area contributed by atoms with Gasteiger partial charge in [0.15, 0.2) is 6.29 Å². The van der Waals surface area contributed by atoms with Crippen molar-refractivity contribution < 1.29 is 4.79 Å². The van der Waals surface area contributed by atoms with Gasteiger partial charge in [-0.25, -0.2) is 4.98 Å². The van der Waals surface area contributed by atoms with Crippen molar-refractivity contribution in [3.8, 4) is 11.3 Å². The molecule has 0 saturated heterocycles. The number of nitrogens with zero attached hydrogens (tertiary/aromatic N) is 1. The first-order valence-electron chi connectivity index (χ1n) is 4.06. The molecule has 3 nitrogen and oxygen atoms in total. The fourth-order valence-corrected chi connectivity index (χ4v) is 1.86. The fourth-order valence-electron chi connectivity index (χ4n) is 1.16. The van der Waals surface area contributed by atoms with Crippen LogP contribution in [-0.4, -0.2) is 11.3 Å². The van der Waals surface area contributed by atoms with Gasteiger partial charge in [-0.3, -0.25) is 4.79 Å². The van der Waals surface area contributed by atoms with E-state index in [-0.39, 0.29) is 0 Å². The van der Waals surface area contributed by atoms with E-state index in [9.17, 15) is 4.79 Å². The van der Waals surface area contributed by atoms with E-state index in [0.717, 1.165) is 17.5 Å². The highest BCUT2D eigenvalue weighted by molar-refractivity contribution is 7.12. The molecule has 0 atom stereocenters. The van der Waals surface area contributed by atoms with Crippen LogP contribution in [0.3, 0.4) is 0 Å². The van der Waals surface area contributed by atoms with Crippen molar-refractivity contribution in [2.45, 2.75) is 0 Å². The van der Waals surface area contributed by atoms with Crippen molar-refractivity contribution in [2.24, 2.45) is 0 Å². The Bertz CT molecular complexity index is 465. The normalized spacial score (nSPS) is 10.0. The number of pyridine rings is 1. The second-order valence-corrected chi connectivity index (χ2v) is 3.75. The molecule has 0 fully saturated rings. The number of aromatic nitrogens is 1. The van der Waals surface area contributed by atoms with Gasteiger partial charge in [0.25, 0.3) is 0 Å². The van der Waals surface area contributed by atoms with Gasteiger partial charge in [0.2, 0.25) is 0 Å². The molecular formula is C10H8N2OS. The van der Waals surface area contributed by atoms with Gasteiger partial charge in [0.1, 0.15) is 5.82 Å². The molecule has 0 aliphatic heterocycles. The Balaban J connectivity index is 2.43. The van der Waals surface area contributed by atoms with Crippen LogP contribution in [0.2, 0.25) is 0 Å². The summed E-state index contributed by atoms with van der Waals surface area (Å²) in [6.07, 6.45) is 0.834. The third-order valence-corrected chi connectivity index (χ3v) is 2.66. The smallest absolute Gasteiger partial charge is 0.160 e.